The summed E-state index contributed by atoms with van der Waals surface area (Å²) < 4.78 is 7.30. The average Bonchev–Trinajstić information content (AvgIpc) is 3.09. The highest BCUT2D eigenvalue weighted by Crippen LogP contribution is 2.42. The Morgan fingerprint density at radius 3 is 2.97 bits per heavy atom. The topological polar surface area (TPSA) is 92.6 Å². The van der Waals surface area contributed by atoms with Crippen LogP contribution in [0.3, 0.4) is 0 Å². The van der Waals surface area contributed by atoms with Crippen LogP contribution in [0.5, 0.6) is 0 Å². The third-order valence-electron chi connectivity index (χ3n) is 6.62. The number of nitrogens with zero attached hydrogens (tertiary/aromatic N) is 5. The van der Waals surface area contributed by atoms with E-state index < -0.39 is 6.04 Å². The van der Waals surface area contributed by atoms with Crippen LogP contribution in [0.4, 0.5) is 11.8 Å². The predicted octanol–water partition coefficient (Wildman–Crippen LogP) is 1.09. The van der Waals surface area contributed by atoms with Gasteiger partial charge >= 0.3 is 0 Å². The Hall–Kier alpha value is -2.94. The second-order valence-electron chi connectivity index (χ2n) is 8.48. The van der Waals surface area contributed by atoms with Gasteiger partial charge in [-0.05, 0) is 25.0 Å². The zero-order chi connectivity index (χ0) is 21.4. The maximum atomic E-state index is 13.7. The van der Waals surface area contributed by atoms with Crippen molar-refractivity contribution >= 4 is 17.7 Å². The molecule has 2 fully saturated rings. The largest absolute Gasteiger partial charge is 0.380 e. The van der Waals surface area contributed by atoms with E-state index in [9.17, 15) is 9.59 Å². The van der Waals surface area contributed by atoms with Gasteiger partial charge in [0.1, 0.15) is 11.9 Å². The van der Waals surface area contributed by atoms with E-state index in [0.29, 0.717) is 38.8 Å². The van der Waals surface area contributed by atoms with Crippen molar-refractivity contribution in [1.29, 1.82) is 0 Å². The number of hydrogen-bond donors (Lipinski definition) is 1. The van der Waals surface area contributed by atoms with Gasteiger partial charge in [-0.3, -0.25) is 14.2 Å². The zero-order valence-electron chi connectivity index (χ0n) is 17.7. The maximum Gasteiger partial charge on any atom is 0.251 e. The van der Waals surface area contributed by atoms with Gasteiger partial charge in [0.25, 0.3) is 5.56 Å². The van der Waals surface area contributed by atoms with Gasteiger partial charge in [0.2, 0.25) is 11.9 Å². The molecule has 5 rings (SSSR count). The van der Waals surface area contributed by atoms with Crippen LogP contribution in [-0.4, -0.2) is 71.8 Å². The van der Waals surface area contributed by atoms with E-state index in [4.69, 9.17) is 4.74 Å². The summed E-state index contributed by atoms with van der Waals surface area (Å²) in [6.45, 7) is 3.82. The lowest BCUT2D eigenvalue weighted by atomic mass is 9.78. The van der Waals surface area contributed by atoms with Gasteiger partial charge in [-0.2, -0.15) is 4.98 Å². The van der Waals surface area contributed by atoms with Crippen LogP contribution in [0.15, 0.2) is 35.3 Å². The molecule has 164 valence electrons. The fourth-order valence-electron chi connectivity index (χ4n) is 5.21. The number of nitrogens with one attached hydrogen (secondary N) is 1. The maximum absolute atomic E-state index is 13.7. The molecule has 0 radical (unpaired) electrons. The lowest BCUT2D eigenvalue weighted by Gasteiger charge is -2.47. The molecule has 31 heavy (non-hydrogen) atoms. The summed E-state index contributed by atoms with van der Waals surface area (Å²) >= 11 is 0. The molecule has 0 aliphatic carbocycles. The second kappa shape index (κ2) is 8.30. The van der Waals surface area contributed by atoms with Gasteiger partial charge in [0.05, 0.1) is 6.61 Å². The SMILES string of the molecule is CNc1ccnc(N2C[C@H]3C[C@@H](C2)[C@H](C(=O)N2CCCOCC2)n2c3cccc2=O)n1. The highest BCUT2D eigenvalue weighted by Gasteiger charge is 2.45. The fourth-order valence-corrected chi connectivity index (χ4v) is 5.21. The van der Waals surface area contributed by atoms with Gasteiger partial charge in [-0.15, -0.1) is 0 Å². The summed E-state index contributed by atoms with van der Waals surface area (Å²) in [5, 5.41) is 3.06. The molecule has 2 aromatic rings. The number of aromatic nitrogens is 3. The molecular weight excluding hydrogens is 396 g/mol. The first kappa shape index (κ1) is 20.0. The van der Waals surface area contributed by atoms with Crippen LogP contribution >= 0.6 is 0 Å². The Morgan fingerprint density at radius 1 is 1.19 bits per heavy atom. The lowest BCUT2D eigenvalue weighted by Crippen LogP contribution is -2.54. The normalized spacial score (nSPS) is 25.5. The predicted molar refractivity (Wildman–Crippen MR) is 116 cm³/mol. The number of rotatable bonds is 3. The number of anilines is 2. The van der Waals surface area contributed by atoms with Crippen molar-refractivity contribution in [1.82, 2.24) is 19.4 Å². The number of pyridine rings is 1. The van der Waals surface area contributed by atoms with E-state index in [1.165, 1.54) is 0 Å². The number of hydrogen-bond acceptors (Lipinski definition) is 7. The minimum atomic E-state index is -0.506. The summed E-state index contributed by atoms with van der Waals surface area (Å²) in [6.07, 6.45) is 3.45. The molecule has 1 N–H and O–H groups in total. The minimum absolute atomic E-state index is 0.0184. The summed E-state index contributed by atoms with van der Waals surface area (Å²) in [6, 6.07) is 6.67. The average molecular weight is 425 g/mol. The minimum Gasteiger partial charge on any atom is -0.380 e. The van der Waals surface area contributed by atoms with Crippen molar-refractivity contribution in [2.45, 2.75) is 24.8 Å². The first-order valence-electron chi connectivity index (χ1n) is 11.0. The molecule has 9 nitrogen and oxygen atoms in total. The summed E-state index contributed by atoms with van der Waals surface area (Å²) in [5.41, 5.74) is 0.834. The molecule has 3 atom stereocenters. The third kappa shape index (κ3) is 3.67. The number of amides is 1. The Balaban J connectivity index is 1.52. The molecule has 0 spiro atoms. The van der Waals surface area contributed by atoms with Gasteiger partial charge < -0.3 is 19.9 Å². The van der Waals surface area contributed by atoms with Crippen molar-refractivity contribution in [2.24, 2.45) is 5.92 Å². The number of fused-ring (bicyclic) bond motifs is 4. The van der Waals surface area contributed by atoms with Crippen LogP contribution in [-0.2, 0) is 9.53 Å². The molecule has 3 aliphatic heterocycles. The van der Waals surface area contributed by atoms with E-state index in [1.807, 2.05) is 24.1 Å². The van der Waals surface area contributed by atoms with Crippen LogP contribution in [0.25, 0.3) is 0 Å². The van der Waals surface area contributed by atoms with Gasteiger partial charge in [0.15, 0.2) is 0 Å². The standard InChI is InChI=1S/C22H28N6O3/c1-23-18-6-7-24-22(25-18)27-13-15-12-16(14-27)20(28-17(15)4-2-5-19(28)29)21(30)26-8-3-10-31-11-9-26/h2,4-7,15-16,20H,3,8-14H2,1H3,(H,23,24,25)/t15-,16+,20-/m1/s1. The molecule has 5 heterocycles. The summed E-state index contributed by atoms with van der Waals surface area (Å²) in [5.74, 6) is 1.61. The zero-order valence-corrected chi connectivity index (χ0v) is 17.7. The Morgan fingerprint density at radius 2 is 2.10 bits per heavy atom. The lowest BCUT2D eigenvalue weighted by molar-refractivity contribution is -0.137. The fraction of sp³-hybridized carbons (Fsp3) is 0.545. The van der Waals surface area contributed by atoms with E-state index in [-0.39, 0.29) is 23.3 Å². The third-order valence-corrected chi connectivity index (χ3v) is 6.62. The summed E-state index contributed by atoms with van der Waals surface area (Å²) in [7, 11) is 1.83. The van der Waals surface area contributed by atoms with E-state index in [1.54, 1.807) is 22.9 Å². The molecule has 2 bridgehead atoms. The molecule has 3 aliphatic rings. The molecule has 2 saturated heterocycles. The van der Waals surface area contributed by atoms with E-state index >= 15 is 0 Å². The van der Waals surface area contributed by atoms with Crippen molar-refractivity contribution in [3.8, 4) is 0 Å². The Bertz CT molecular complexity index is 1020. The quantitative estimate of drug-likeness (QED) is 0.789. The van der Waals surface area contributed by atoms with Crippen molar-refractivity contribution < 1.29 is 9.53 Å². The molecular formula is C22H28N6O3. The highest BCUT2D eigenvalue weighted by molar-refractivity contribution is 5.81. The van der Waals surface area contributed by atoms with Crippen LogP contribution in [0.1, 0.15) is 30.5 Å². The van der Waals surface area contributed by atoms with Crippen LogP contribution in [0, 0.1) is 5.92 Å². The number of carbonyl (C=O) groups excluding carboxylic acids is 1. The Kier molecular flexibility index (Phi) is 5.35. The first-order chi connectivity index (χ1) is 15.2. The monoisotopic (exact) mass is 424 g/mol. The number of carbonyl (C=O) groups is 1. The molecule has 0 saturated carbocycles. The Labute approximate surface area is 181 Å². The summed E-state index contributed by atoms with van der Waals surface area (Å²) in [4.78, 5) is 39.8. The van der Waals surface area contributed by atoms with Crippen molar-refractivity contribution in [3.05, 3.63) is 46.5 Å². The molecule has 0 aromatic carbocycles. The number of ether oxygens (including phenoxy) is 1. The highest BCUT2D eigenvalue weighted by atomic mass is 16.5. The molecule has 1 amide bonds. The van der Waals surface area contributed by atoms with Gasteiger partial charge in [-0.1, -0.05) is 6.07 Å². The van der Waals surface area contributed by atoms with Crippen molar-refractivity contribution in [3.63, 3.8) is 0 Å². The molecule has 2 aromatic heterocycles. The smallest absolute Gasteiger partial charge is 0.251 e. The second-order valence-corrected chi connectivity index (χ2v) is 8.48. The molecule has 9 heteroatoms. The van der Waals surface area contributed by atoms with E-state index in [0.717, 1.165) is 30.9 Å². The first-order valence-corrected chi connectivity index (χ1v) is 11.0. The van der Waals surface area contributed by atoms with Gasteiger partial charge in [-0.25, -0.2) is 4.98 Å². The van der Waals surface area contributed by atoms with E-state index in [2.05, 4.69) is 20.2 Å². The number of piperidine rings is 1. The molecule has 0 unspecified atom stereocenters. The van der Waals surface area contributed by atoms with Crippen LogP contribution < -0.4 is 15.8 Å². The van der Waals surface area contributed by atoms with Gasteiger partial charge in [0, 0.05) is 69.6 Å². The van der Waals surface area contributed by atoms with Crippen LogP contribution in [0.2, 0.25) is 0 Å². The van der Waals surface area contributed by atoms with Crippen molar-refractivity contribution in [2.75, 3.05) is 56.7 Å².